The largest absolute Gasteiger partial charge is 0.416 e. The second-order valence-electron chi connectivity index (χ2n) is 4.84. The minimum absolute atomic E-state index is 0. The van der Waals surface area contributed by atoms with Gasteiger partial charge < -0.3 is 15.8 Å². The van der Waals surface area contributed by atoms with Crippen molar-refractivity contribution in [3.8, 4) is 0 Å². The van der Waals surface area contributed by atoms with Gasteiger partial charge >= 0.3 is 6.18 Å². The lowest BCUT2D eigenvalue weighted by Crippen LogP contribution is -2.17. The Kier molecular flexibility index (Phi) is 8.44. The molecule has 0 radical (unpaired) electrons. The van der Waals surface area contributed by atoms with Crippen LogP contribution in [0.3, 0.4) is 0 Å². The third-order valence-electron chi connectivity index (χ3n) is 2.62. The van der Waals surface area contributed by atoms with E-state index in [-0.39, 0.29) is 43.8 Å². The molecule has 0 saturated carbocycles. The Balaban J connectivity index is 0.00000441. The minimum Gasteiger partial charge on any atom is -0.378 e. The second kappa shape index (κ2) is 8.97. The standard InChI is InChI=1S/C14H19F3N2O2.ClH/c1-9(2)21-4-3-13(20)19-12-6-10(8-18)5-11(7-12)14(15,16)17;/h5-7,9H,3-4,8,18H2,1-2H3,(H,19,20);1H. The molecular formula is C14H20ClF3N2O2. The second-order valence-corrected chi connectivity index (χ2v) is 4.84. The van der Waals surface area contributed by atoms with Gasteiger partial charge in [-0.25, -0.2) is 0 Å². The molecule has 0 bridgehead atoms. The molecule has 4 nitrogen and oxygen atoms in total. The summed E-state index contributed by atoms with van der Waals surface area (Å²) in [4.78, 5) is 11.7. The molecule has 3 N–H and O–H groups in total. The Hall–Kier alpha value is -1.31. The Bertz CT molecular complexity index is 493. The smallest absolute Gasteiger partial charge is 0.378 e. The van der Waals surface area contributed by atoms with Crippen LogP contribution in [-0.2, 0) is 22.3 Å². The van der Waals surface area contributed by atoms with E-state index >= 15 is 0 Å². The highest BCUT2D eigenvalue weighted by atomic mass is 35.5. The lowest BCUT2D eigenvalue weighted by molar-refractivity contribution is -0.137. The van der Waals surface area contributed by atoms with Gasteiger partial charge in [0.1, 0.15) is 0 Å². The molecule has 1 amide bonds. The van der Waals surface area contributed by atoms with Gasteiger partial charge in [-0.3, -0.25) is 4.79 Å². The summed E-state index contributed by atoms with van der Waals surface area (Å²) in [6, 6.07) is 3.29. The van der Waals surface area contributed by atoms with Crippen LogP contribution in [0.25, 0.3) is 0 Å². The minimum atomic E-state index is -4.48. The topological polar surface area (TPSA) is 64.3 Å². The molecule has 0 aromatic heterocycles. The lowest BCUT2D eigenvalue weighted by Gasteiger charge is -2.13. The van der Waals surface area contributed by atoms with E-state index < -0.39 is 17.6 Å². The van der Waals surface area contributed by atoms with Crippen LogP contribution in [0.2, 0.25) is 0 Å². The molecule has 1 rings (SSSR count). The van der Waals surface area contributed by atoms with Gasteiger partial charge in [-0.05, 0) is 37.6 Å². The molecule has 0 unspecified atom stereocenters. The number of carbonyl (C=O) groups excluding carboxylic acids is 1. The molecule has 0 spiro atoms. The Morgan fingerprint density at radius 2 is 1.95 bits per heavy atom. The van der Waals surface area contributed by atoms with E-state index in [4.69, 9.17) is 10.5 Å². The summed E-state index contributed by atoms with van der Waals surface area (Å²) in [6.45, 7) is 3.84. The van der Waals surface area contributed by atoms with Gasteiger partial charge in [0.2, 0.25) is 5.91 Å². The van der Waals surface area contributed by atoms with Gasteiger partial charge in [-0.2, -0.15) is 13.2 Å². The number of carbonyl (C=O) groups is 1. The summed E-state index contributed by atoms with van der Waals surface area (Å²) in [7, 11) is 0. The van der Waals surface area contributed by atoms with Crippen molar-refractivity contribution in [2.24, 2.45) is 5.73 Å². The number of benzene rings is 1. The number of rotatable bonds is 6. The molecular weight excluding hydrogens is 321 g/mol. The summed E-state index contributed by atoms with van der Waals surface area (Å²) < 4.78 is 43.4. The van der Waals surface area contributed by atoms with Gasteiger partial charge in [-0.15, -0.1) is 12.4 Å². The van der Waals surface area contributed by atoms with Crippen LogP contribution in [0.1, 0.15) is 31.4 Å². The number of alkyl halides is 3. The Morgan fingerprint density at radius 3 is 2.45 bits per heavy atom. The van der Waals surface area contributed by atoms with Crippen molar-refractivity contribution >= 4 is 24.0 Å². The van der Waals surface area contributed by atoms with Crippen molar-refractivity contribution in [1.29, 1.82) is 0 Å². The molecule has 0 atom stereocenters. The van der Waals surface area contributed by atoms with Crippen molar-refractivity contribution in [1.82, 2.24) is 0 Å². The Labute approximate surface area is 133 Å². The number of anilines is 1. The molecule has 22 heavy (non-hydrogen) atoms. The number of nitrogens with two attached hydrogens (primary N) is 1. The van der Waals surface area contributed by atoms with Gasteiger partial charge in [-0.1, -0.05) is 0 Å². The van der Waals surface area contributed by atoms with E-state index in [0.717, 1.165) is 12.1 Å². The maximum Gasteiger partial charge on any atom is 0.416 e. The van der Waals surface area contributed by atoms with Crippen LogP contribution in [0.15, 0.2) is 18.2 Å². The highest BCUT2D eigenvalue weighted by molar-refractivity contribution is 5.91. The predicted molar refractivity (Wildman–Crippen MR) is 80.9 cm³/mol. The fourth-order valence-corrected chi connectivity index (χ4v) is 1.66. The number of hydrogen-bond acceptors (Lipinski definition) is 3. The van der Waals surface area contributed by atoms with Crippen LogP contribution < -0.4 is 11.1 Å². The van der Waals surface area contributed by atoms with E-state index in [9.17, 15) is 18.0 Å². The summed E-state index contributed by atoms with van der Waals surface area (Å²) in [5.74, 6) is -0.405. The fraction of sp³-hybridized carbons (Fsp3) is 0.500. The predicted octanol–water partition coefficient (Wildman–Crippen LogP) is 3.34. The first-order chi connectivity index (χ1) is 9.72. The molecule has 126 valence electrons. The summed E-state index contributed by atoms with van der Waals surface area (Å²) in [6.07, 6.45) is -4.41. The summed E-state index contributed by atoms with van der Waals surface area (Å²) >= 11 is 0. The first kappa shape index (κ1) is 20.7. The zero-order valence-corrected chi connectivity index (χ0v) is 13.2. The molecule has 0 aliphatic rings. The third-order valence-corrected chi connectivity index (χ3v) is 2.62. The molecule has 0 heterocycles. The van der Waals surface area contributed by atoms with Crippen LogP contribution in [0, 0.1) is 0 Å². The number of nitrogens with one attached hydrogen (secondary N) is 1. The average Bonchev–Trinajstić information content (AvgIpc) is 2.36. The summed E-state index contributed by atoms with van der Waals surface area (Å²) in [5, 5.41) is 2.43. The number of ether oxygens (including phenoxy) is 1. The quantitative estimate of drug-likeness (QED) is 0.834. The van der Waals surface area contributed by atoms with Crippen molar-refractivity contribution in [3.63, 3.8) is 0 Å². The average molecular weight is 341 g/mol. The highest BCUT2D eigenvalue weighted by Crippen LogP contribution is 2.32. The number of halogens is 4. The highest BCUT2D eigenvalue weighted by Gasteiger charge is 2.31. The summed E-state index contributed by atoms with van der Waals surface area (Å²) in [5.41, 5.74) is 4.93. The van der Waals surface area contributed by atoms with E-state index in [1.54, 1.807) is 0 Å². The molecule has 0 fully saturated rings. The first-order valence-electron chi connectivity index (χ1n) is 6.55. The molecule has 0 aliphatic carbocycles. The number of hydrogen-bond donors (Lipinski definition) is 2. The van der Waals surface area contributed by atoms with E-state index in [0.29, 0.717) is 5.56 Å². The lowest BCUT2D eigenvalue weighted by atomic mass is 10.1. The van der Waals surface area contributed by atoms with Gasteiger partial charge in [0.15, 0.2) is 0 Å². The maximum atomic E-state index is 12.7. The van der Waals surface area contributed by atoms with Crippen molar-refractivity contribution in [3.05, 3.63) is 29.3 Å². The van der Waals surface area contributed by atoms with Crippen LogP contribution in [0.4, 0.5) is 18.9 Å². The zero-order chi connectivity index (χ0) is 16.0. The van der Waals surface area contributed by atoms with E-state index in [2.05, 4.69) is 5.32 Å². The van der Waals surface area contributed by atoms with Crippen LogP contribution in [-0.4, -0.2) is 18.6 Å². The monoisotopic (exact) mass is 340 g/mol. The fourth-order valence-electron chi connectivity index (χ4n) is 1.66. The third kappa shape index (κ3) is 7.11. The van der Waals surface area contributed by atoms with Crippen molar-refractivity contribution in [2.45, 2.75) is 39.1 Å². The van der Waals surface area contributed by atoms with E-state index in [1.165, 1.54) is 6.07 Å². The molecule has 1 aromatic rings. The maximum absolute atomic E-state index is 12.7. The molecule has 1 aromatic carbocycles. The molecule has 8 heteroatoms. The van der Waals surface area contributed by atoms with Gasteiger partial charge in [0.05, 0.1) is 24.7 Å². The van der Waals surface area contributed by atoms with Crippen molar-refractivity contribution in [2.75, 3.05) is 11.9 Å². The van der Waals surface area contributed by atoms with Crippen molar-refractivity contribution < 1.29 is 22.7 Å². The van der Waals surface area contributed by atoms with Gasteiger partial charge in [0, 0.05) is 12.2 Å². The van der Waals surface area contributed by atoms with Crippen LogP contribution >= 0.6 is 12.4 Å². The first-order valence-corrected chi connectivity index (χ1v) is 6.55. The Morgan fingerprint density at radius 1 is 1.32 bits per heavy atom. The number of amides is 1. The molecule has 0 aliphatic heterocycles. The SMILES string of the molecule is CC(C)OCCC(=O)Nc1cc(CN)cc(C(F)(F)F)c1.Cl. The zero-order valence-electron chi connectivity index (χ0n) is 12.4. The normalized spacial score (nSPS) is 11.2. The van der Waals surface area contributed by atoms with Gasteiger partial charge in [0.25, 0.3) is 0 Å². The van der Waals surface area contributed by atoms with E-state index in [1.807, 2.05) is 13.8 Å². The van der Waals surface area contributed by atoms with Crippen LogP contribution in [0.5, 0.6) is 0 Å². The molecule has 0 saturated heterocycles.